The van der Waals surface area contributed by atoms with E-state index in [0.717, 1.165) is 5.57 Å². The Morgan fingerprint density at radius 3 is 2.50 bits per heavy atom. The average Bonchev–Trinajstić information content (AvgIpc) is 2.45. The van der Waals surface area contributed by atoms with E-state index in [4.69, 9.17) is 21.1 Å². The molecule has 0 radical (unpaired) electrons. The van der Waals surface area contributed by atoms with E-state index in [9.17, 15) is 9.59 Å². The lowest BCUT2D eigenvalue weighted by Gasteiger charge is -2.03. The molecule has 0 rings (SSSR count). The van der Waals surface area contributed by atoms with Crippen molar-refractivity contribution in [3.8, 4) is 0 Å². The van der Waals surface area contributed by atoms with Crippen LogP contribution in [0.3, 0.4) is 0 Å². The molecule has 0 spiro atoms. The summed E-state index contributed by atoms with van der Waals surface area (Å²) in [5, 5.41) is 0. The predicted molar refractivity (Wildman–Crippen MR) is 88.8 cm³/mol. The minimum absolute atomic E-state index is 0.0171. The van der Waals surface area contributed by atoms with Gasteiger partial charge in [-0.1, -0.05) is 18.2 Å². The fraction of sp³-hybridized carbons (Fsp3) is 0.529. The molecule has 0 atom stereocenters. The number of ketones is 1. The Bertz CT molecular complexity index is 422. The molecule has 0 unspecified atom stereocenters. The second-order valence-electron chi connectivity index (χ2n) is 4.83. The first kappa shape index (κ1) is 20.5. The molecule has 0 bridgehead atoms. The normalized spacial score (nSPS) is 12.3. The molecular weight excluding hydrogens is 304 g/mol. The van der Waals surface area contributed by atoms with Crippen molar-refractivity contribution in [2.45, 2.75) is 46.1 Å². The first-order valence-corrected chi connectivity index (χ1v) is 7.94. The van der Waals surface area contributed by atoms with Gasteiger partial charge in [0.2, 0.25) is 0 Å². The highest BCUT2D eigenvalue weighted by Crippen LogP contribution is 2.09. The molecule has 0 aromatic heterocycles. The van der Waals surface area contributed by atoms with Crippen LogP contribution in [0.2, 0.25) is 0 Å². The molecule has 0 aromatic carbocycles. The number of carbonyl (C=O) groups is 2. The zero-order valence-corrected chi connectivity index (χ0v) is 14.3. The van der Waals surface area contributed by atoms with Gasteiger partial charge in [0.05, 0.1) is 25.4 Å². The Kier molecular flexibility index (Phi) is 12.2. The van der Waals surface area contributed by atoms with E-state index in [0.29, 0.717) is 12.5 Å². The van der Waals surface area contributed by atoms with Crippen LogP contribution in [0.4, 0.5) is 0 Å². The molecule has 0 saturated heterocycles. The summed E-state index contributed by atoms with van der Waals surface area (Å²) in [6, 6.07) is 0. The molecule has 0 saturated carbocycles. The van der Waals surface area contributed by atoms with Gasteiger partial charge < -0.3 is 9.47 Å². The van der Waals surface area contributed by atoms with Crippen LogP contribution >= 0.6 is 11.6 Å². The number of ether oxygens (including phenoxy) is 2. The SMILES string of the molecule is CCOC(=O)CCC(=O)CC(/C=C\C=C\OC(C)C)=C/CCl. The van der Waals surface area contributed by atoms with E-state index in [1.807, 2.05) is 19.9 Å². The standard InChI is InChI=1S/C17H25ClO4/c1-4-21-17(20)9-8-16(19)13-15(10-11-18)7-5-6-12-22-14(2)3/h5-7,10,12,14H,4,8-9,11,13H2,1-3H3/b7-5-,12-6+,15-10+. The molecule has 5 heteroatoms. The van der Waals surface area contributed by atoms with Crippen molar-refractivity contribution in [3.63, 3.8) is 0 Å². The Labute approximate surface area is 137 Å². The molecule has 124 valence electrons. The first-order valence-electron chi connectivity index (χ1n) is 7.40. The van der Waals surface area contributed by atoms with Crippen LogP contribution in [0.5, 0.6) is 0 Å². The van der Waals surface area contributed by atoms with E-state index in [2.05, 4.69) is 0 Å². The lowest BCUT2D eigenvalue weighted by Crippen LogP contribution is -2.08. The highest BCUT2D eigenvalue weighted by Gasteiger charge is 2.08. The molecule has 0 aliphatic heterocycles. The van der Waals surface area contributed by atoms with Gasteiger partial charge in [-0.15, -0.1) is 11.6 Å². The number of rotatable bonds is 11. The van der Waals surface area contributed by atoms with Crippen LogP contribution in [-0.2, 0) is 19.1 Å². The van der Waals surface area contributed by atoms with Gasteiger partial charge in [0.25, 0.3) is 0 Å². The third-order valence-electron chi connectivity index (χ3n) is 2.50. The summed E-state index contributed by atoms with van der Waals surface area (Å²) in [5.41, 5.74) is 0.818. The van der Waals surface area contributed by atoms with E-state index in [-0.39, 0.29) is 37.1 Å². The van der Waals surface area contributed by atoms with Crippen LogP contribution in [0.15, 0.2) is 36.1 Å². The second kappa shape index (κ2) is 13.1. The number of hydrogen-bond acceptors (Lipinski definition) is 4. The molecule has 0 N–H and O–H groups in total. The van der Waals surface area contributed by atoms with Crippen molar-refractivity contribution in [3.05, 3.63) is 36.1 Å². The quantitative estimate of drug-likeness (QED) is 0.249. The van der Waals surface area contributed by atoms with Crippen LogP contribution < -0.4 is 0 Å². The van der Waals surface area contributed by atoms with E-state index >= 15 is 0 Å². The zero-order chi connectivity index (χ0) is 16.8. The monoisotopic (exact) mass is 328 g/mol. The van der Waals surface area contributed by atoms with Crippen LogP contribution in [0.1, 0.15) is 40.0 Å². The summed E-state index contributed by atoms with van der Waals surface area (Å²) in [6.07, 6.45) is 9.41. The smallest absolute Gasteiger partial charge is 0.306 e. The summed E-state index contributed by atoms with van der Waals surface area (Å²) in [4.78, 5) is 23.1. The fourth-order valence-corrected chi connectivity index (χ4v) is 1.71. The van der Waals surface area contributed by atoms with E-state index in [1.54, 1.807) is 31.4 Å². The molecule has 0 fully saturated rings. The maximum absolute atomic E-state index is 11.8. The van der Waals surface area contributed by atoms with E-state index in [1.165, 1.54) is 0 Å². The van der Waals surface area contributed by atoms with E-state index < -0.39 is 0 Å². The van der Waals surface area contributed by atoms with Crippen LogP contribution in [0.25, 0.3) is 0 Å². The fourth-order valence-electron chi connectivity index (χ4n) is 1.52. The maximum atomic E-state index is 11.8. The predicted octanol–water partition coefficient (Wildman–Crippen LogP) is 3.95. The number of alkyl halides is 1. The van der Waals surface area contributed by atoms with Crippen molar-refractivity contribution in [2.75, 3.05) is 12.5 Å². The molecule has 0 amide bonds. The third-order valence-corrected chi connectivity index (χ3v) is 2.66. The summed E-state index contributed by atoms with van der Waals surface area (Å²) in [7, 11) is 0. The highest BCUT2D eigenvalue weighted by molar-refractivity contribution is 6.19. The lowest BCUT2D eigenvalue weighted by atomic mass is 10.1. The molecule has 0 aliphatic carbocycles. The minimum Gasteiger partial charge on any atom is -0.499 e. The number of halogens is 1. The lowest BCUT2D eigenvalue weighted by molar-refractivity contribution is -0.144. The molecule has 0 aromatic rings. The number of carbonyl (C=O) groups excluding carboxylic acids is 2. The maximum Gasteiger partial charge on any atom is 0.306 e. The highest BCUT2D eigenvalue weighted by atomic mass is 35.5. The second-order valence-corrected chi connectivity index (χ2v) is 5.13. The molecule has 0 aliphatic rings. The third kappa shape index (κ3) is 12.2. The van der Waals surface area contributed by atoms with Gasteiger partial charge in [-0.05, 0) is 32.4 Å². The number of Topliss-reactive ketones (excluding diaryl/α,β-unsaturated/α-hetero) is 1. The Morgan fingerprint density at radius 2 is 1.91 bits per heavy atom. The molecular formula is C17H25ClO4. The minimum atomic E-state index is -0.344. The Balaban J connectivity index is 4.31. The van der Waals surface area contributed by atoms with Gasteiger partial charge in [0.15, 0.2) is 0 Å². The Hall–Kier alpha value is -1.55. The van der Waals surface area contributed by atoms with Gasteiger partial charge in [0.1, 0.15) is 5.78 Å². The molecule has 22 heavy (non-hydrogen) atoms. The summed E-state index contributed by atoms with van der Waals surface area (Å²) in [6.45, 7) is 5.95. The number of allylic oxidation sites excluding steroid dienone is 5. The molecule has 4 nitrogen and oxygen atoms in total. The van der Waals surface area contributed by atoms with Gasteiger partial charge >= 0.3 is 5.97 Å². The first-order chi connectivity index (χ1) is 10.5. The summed E-state index contributed by atoms with van der Waals surface area (Å²) < 4.78 is 10.0. The van der Waals surface area contributed by atoms with Gasteiger partial charge in [0, 0.05) is 18.7 Å². The van der Waals surface area contributed by atoms with Crippen molar-refractivity contribution in [1.29, 1.82) is 0 Å². The van der Waals surface area contributed by atoms with Crippen LogP contribution in [0, 0.1) is 0 Å². The van der Waals surface area contributed by atoms with Crippen molar-refractivity contribution < 1.29 is 19.1 Å². The topological polar surface area (TPSA) is 52.6 Å². The largest absolute Gasteiger partial charge is 0.499 e. The van der Waals surface area contributed by atoms with Crippen molar-refractivity contribution >= 4 is 23.4 Å². The molecule has 0 heterocycles. The Morgan fingerprint density at radius 1 is 1.18 bits per heavy atom. The number of esters is 1. The van der Waals surface area contributed by atoms with Crippen LogP contribution in [-0.4, -0.2) is 30.3 Å². The average molecular weight is 329 g/mol. The summed E-state index contributed by atoms with van der Waals surface area (Å²) in [5.74, 6) is -0.0312. The van der Waals surface area contributed by atoms with Crippen molar-refractivity contribution in [2.24, 2.45) is 0 Å². The number of hydrogen-bond donors (Lipinski definition) is 0. The summed E-state index contributed by atoms with van der Waals surface area (Å²) >= 11 is 5.69. The van der Waals surface area contributed by atoms with Gasteiger partial charge in [-0.3, -0.25) is 9.59 Å². The zero-order valence-electron chi connectivity index (χ0n) is 13.5. The van der Waals surface area contributed by atoms with Crippen molar-refractivity contribution in [1.82, 2.24) is 0 Å². The van der Waals surface area contributed by atoms with Gasteiger partial charge in [-0.25, -0.2) is 0 Å². The van der Waals surface area contributed by atoms with Gasteiger partial charge in [-0.2, -0.15) is 0 Å².